The Morgan fingerprint density at radius 3 is 2.63 bits per heavy atom. The number of fused-ring (bicyclic) bond motifs is 1. The number of hydrogen-bond donors (Lipinski definition) is 0. The van der Waals surface area contributed by atoms with Crippen molar-refractivity contribution >= 4 is 28.3 Å². The molecular formula is C19H12ClF3N6O. The number of nitrogens with zero attached hydrogens (tertiary/aromatic N) is 6. The second-order valence-electron chi connectivity index (χ2n) is 6.28. The first-order chi connectivity index (χ1) is 14.3. The van der Waals surface area contributed by atoms with Crippen LogP contribution in [0.3, 0.4) is 0 Å². The summed E-state index contributed by atoms with van der Waals surface area (Å²) in [5.41, 5.74) is 0.803. The number of imidazole rings is 1. The molecule has 0 spiro atoms. The molecule has 0 N–H and O–H groups in total. The lowest BCUT2D eigenvalue weighted by Gasteiger charge is -2.05. The minimum absolute atomic E-state index is 0.0574. The van der Waals surface area contributed by atoms with Crippen LogP contribution in [-0.4, -0.2) is 24.7 Å². The van der Waals surface area contributed by atoms with Gasteiger partial charge >= 0.3 is 6.18 Å². The first-order valence-corrected chi connectivity index (χ1v) is 9.10. The van der Waals surface area contributed by atoms with Crippen LogP contribution in [0, 0.1) is 6.57 Å². The smallest absolute Gasteiger partial charge is 0.419 e. The lowest BCUT2D eigenvalue weighted by molar-refractivity contribution is -0.141. The van der Waals surface area contributed by atoms with E-state index in [1.54, 1.807) is 12.1 Å². The molecule has 0 amide bonds. The fourth-order valence-electron chi connectivity index (χ4n) is 2.99. The first-order valence-electron chi connectivity index (χ1n) is 8.73. The highest BCUT2D eigenvalue weighted by Gasteiger charge is 2.32. The van der Waals surface area contributed by atoms with E-state index in [1.807, 2.05) is 11.5 Å². The molecule has 0 radical (unpaired) electrons. The minimum Gasteiger partial charge on any atom is -0.419 e. The topological polar surface area (TPSA) is 74.0 Å². The number of aromatic nitrogens is 5. The quantitative estimate of drug-likeness (QED) is 0.408. The monoisotopic (exact) mass is 432 g/mol. The van der Waals surface area contributed by atoms with Gasteiger partial charge in [0.2, 0.25) is 17.5 Å². The number of benzene rings is 1. The summed E-state index contributed by atoms with van der Waals surface area (Å²) in [5, 5.41) is 8.16. The minimum atomic E-state index is -4.52. The van der Waals surface area contributed by atoms with E-state index in [4.69, 9.17) is 22.6 Å². The van der Waals surface area contributed by atoms with Gasteiger partial charge in [-0.2, -0.15) is 13.2 Å². The van der Waals surface area contributed by atoms with Crippen molar-refractivity contribution in [1.82, 2.24) is 24.7 Å². The van der Waals surface area contributed by atoms with Gasteiger partial charge in [-0.1, -0.05) is 24.6 Å². The zero-order chi connectivity index (χ0) is 21.5. The molecule has 11 heteroatoms. The number of halogens is 4. The summed E-state index contributed by atoms with van der Waals surface area (Å²) in [5.74, 6) is 1.01. The average molecular weight is 433 g/mol. The van der Waals surface area contributed by atoms with Crippen LogP contribution in [0.5, 0.6) is 0 Å². The zero-order valence-corrected chi connectivity index (χ0v) is 16.2. The van der Waals surface area contributed by atoms with Gasteiger partial charge in [-0.05, 0) is 18.2 Å². The highest BCUT2D eigenvalue weighted by molar-refractivity contribution is 6.37. The molecule has 0 saturated heterocycles. The van der Waals surface area contributed by atoms with Gasteiger partial charge in [0.05, 0.1) is 28.2 Å². The van der Waals surface area contributed by atoms with Crippen LogP contribution in [0.2, 0.25) is 5.02 Å². The molecule has 7 nitrogen and oxygen atoms in total. The molecule has 152 valence electrons. The Bertz CT molecular complexity index is 1270. The van der Waals surface area contributed by atoms with Crippen molar-refractivity contribution in [1.29, 1.82) is 0 Å². The normalized spacial score (nSPS) is 11.7. The molecule has 0 atom stereocenters. The van der Waals surface area contributed by atoms with Crippen LogP contribution >= 0.6 is 11.6 Å². The van der Waals surface area contributed by atoms with Gasteiger partial charge in [0, 0.05) is 12.6 Å². The zero-order valence-electron chi connectivity index (χ0n) is 15.4. The predicted octanol–water partition coefficient (Wildman–Crippen LogP) is 5.31. The average Bonchev–Trinajstić information content (AvgIpc) is 3.33. The Morgan fingerprint density at radius 2 is 2.00 bits per heavy atom. The Hall–Kier alpha value is -3.45. The molecule has 0 saturated carbocycles. The third-order valence-electron chi connectivity index (χ3n) is 4.42. The van der Waals surface area contributed by atoms with Crippen LogP contribution in [0.25, 0.3) is 27.3 Å². The van der Waals surface area contributed by atoms with Crippen LogP contribution in [0.4, 0.5) is 18.9 Å². The third-order valence-corrected chi connectivity index (χ3v) is 4.79. The van der Waals surface area contributed by atoms with E-state index in [0.29, 0.717) is 29.0 Å². The van der Waals surface area contributed by atoms with Gasteiger partial charge in [-0.3, -0.25) is 4.98 Å². The van der Waals surface area contributed by atoms with Crippen LogP contribution in [0.15, 0.2) is 34.9 Å². The first kappa shape index (κ1) is 19.8. The van der Waals surface area contributed by atoms with Crippen molar-refractivity contribution in [3.05, 3.63) is 64.3 Å². The van der Waals surface area contributed by atoms with Crippen molar-refractivity contribution in [3.8, 4) is 11.5 Å². The van der Waals surface area contributed by atoms with E-state index >= 15 is 0 Å². The molecule has 0 aliphatic rings. The van der Waals surface area contributed by atoms with Gasteiger partial charge in [-0.15, -0.1) is 10.2 Å². The number of pyridine rings is 1. The van der Waals surface area contributed by atoms with E-state index in [1.165, 1.54) is 6.07 Å². The number of hydrogen-bond acceptors (Lipinski definition) is 5. The van der Waals surface area contributed by atoms with Crippen LogP contribution in [-0.2, 0) is 19.1 Å². The molecule has 3 aromatic heterocycles. The molecular weight excluding hydrogens is 421 g/mol. The highest BCUT2D eigenvalue weighted by atomic mass is 35.5. The largest absolute Gasteiger partial charge is 0.433 e. The van der Waals surface area contributed by atoms with E-state index in [9.17, 15) is 13.2 Å². The Labute approximate surface area is 173 Å². The number of aryl methyl sites for hydroxylation is 1. The Morgan fingerprint density at radius 1 is 1.20 bits per heavy atom. The molecule has 1 aromatic carbocycles. The third kappa shape index (κ3) is 3.48. The molecule has 0 fully saturated rings. The van der Waals surface area contributed by atoms with Crippen LogP contribution in [0.1, 0.15) is 24.3 Å². The molecule has 3 heterocycles. The molecule has 0 unspecified atom stereocenters. The van der Waals surface area contributed by atoms with Crippen molar-refractivity contribution in [3.63, 3.8) is 0 Å². The molecule has 4 rings (SSSR count). The lowest BCUT2D eigenvalue weighted by atomic mass is 10.2. The van der Waals surface area contributed by atoms with Crippen molar-refractivity contribution in [2.45, 2.75) is 26.1 Å². The van der Waals surface area contributed by atoms with E-state index in [2.05, 4.69) is 25.0 Å². The summed E-state index contributed by atoms with van der Waals surface area (Å²) in [7, 11) is 0. The van der Waals surface area contributed by atoms with Gasteiger partial charge < -0.3 is 8.98 Å². The fourth-order valence-corrected chi connectivity index (χ4v) is 3.23. The second-order valence-corrected chi connectivity index (χ2v) is 6.65. The lowest BCUT2D eigenvalue weighted by Crippen LogP contribution is -2.07. The second kappa shape index (κ2) is 7.42. The van der Waals surface area contributed by atoms with E-state index in [0.717, 1.165) is 12.3 Å². The maximum atomic E-state index is 12.7. The summed E-state index contributed by atoms with van der Waals surface area (Å²) in [6, 6.07) is 5.44. The van der Waals surface area contributed by atoms with Gasteiger partial charge in [0.1, 0.15) is 18.1 Å². The van der Waals surface area contributed by atoms with Crippen LogP contribution < -0.4 is 0 Å². The number of alkyl halides is 3. The summed E-state index contributed by atoms with van der Waals surface area (Å²) in [6.07, 6.45) is -2.88. The van der Waals surface area contributed by atoms with Gasteiger partial charge in [0.15, 0.2) is 0 Å². The van der Waals surface area contributed by atoms with Crippen molar-refractivity contribution in [2.24, 2.45) is 0 Å². The summed E-state index contributed by atoms with van der Waals surface area (Å²) in [6.45, 7) is 9.30. The molecule has 30 heavy (non-hydrogen) atoms. The van der Waals surface area contributed by atoms with E-state index < -0.39 is 11.9 Å². The fraction of sp³-hybridized carbons (Fsp3) is 0.211. The molecule has 0 aliphatic heterocycles. The predicted molar refractivity (Wildman–Crippen MR) is 102 cm³/mol. The maximum Gasteiger partial charge on any atom is 0.433 e. The summed E-state index contributed by atoms with van der Waals surface area (Å²) in [4.78, 5) is 11.3. The molecule has 0 aliphatic carbocycles. The molecule has 4 aromatic rings. The van der Waals surface area contributed by atoms with Gasteiger partial charge in [0.25, 0.3) is 0 Å². The highest BCUT2D eigenvalue weighted by Crippen LogP contribution is 2.34. The number of rotatable bonds is 4. The molecule has 0 bridgehead atoms. The Balaban J connectivity index is 1.66. The standard InChI is InChI=1S/C19H12ClF3N6O/c1-3-14-26-17-12(6-5-11(24-2)16(17)20)29(14)9-15-27-28-18(30-15)10-4-7-13(25-8-10)19(21,22)23/h4-8H,3,9H2,1H3. The summed E-state index contributed by atoms with van der Waals surface area (Å²) >= 11 is 6.29. The maximum absolute atomic E-state index is 12.7. The van der Waals surface area contributed by atoms with Crippen molar-refractivity contribution < 1.29 is 17.6 Å². The Kier molecular flexibility index (Phi) is 4.91. The SMILES string of the molecule is [C-]#[N+]c1ccc2c(nc(CC)n2Cc2nnc(-c3ccc(C(F)(F)F)nc3)o2)c1Cl. The van der Waals surface area contributed by atoms with Gasteiger partial charge in [-0.25, -0.2) is 9.83 Å². The van der Waals surface area contributed by atoms with Crippen molar-refractivity contribution in [2.75, 3.05) is 0 Å². The van der Waals surface area contributed by atoms with E-state index in [-0.39, 0.29) is 28.9 Å². The summed E-state index contributed by atoms with van der Waals surface area (Å²) < 4.78 is 45.5.